The monoisotopic (exact) mass is 733 g/mol. The Morgan fingerprint density at radius 3 is 1.31 bits per heavy atom. The SMILES string of the molecule is CCCCC/C=C\C/C=C\CCCCCCCC(=O)OCC(COCCCCCCCCCCCCCCCCCC)OC(=O)CCCCCCC. The first-order valence-corrected chi connectivity index (χ1v) is 22.9. The summed E-state index contributed by atoms with van der Waals surface area (Å²) in [5.41, 5.74) is 0. The van der Waals surface area contributed by atoms with Crippen LogP contribution in [0.25, 0.3) is 0 Å². The van der Waals surface area contributed by atoms with Crippen molar-refractivity contribution in [1.29, 1.82) is 0 Å². The minimum atomic E-state index is -0.530. The molecule has 306 valence electrons. The smallest absolute Gasteiger partial charge is 0.306 e. The van der Waals surface area contributed by atoms with E-state index in [2.05, 4.69) is 45.1 Å². The van der Waals surface area contributed by atoms with Crippen molar-refractivity contribution >= 4 is 11.9 Å². The molecule has 5 heteroatoms. The molecule has 0 amide bonds. The van der Waals surface area contributed by atoms with Crippen LogP contribution in [0.15, 0.2) is 24.3 Å². The van der Waals surface area contributed by atoms with Crippen LogP contribution in [0.1, 0.15) is 239 Å². The Labute approximate surface area is 324 Å². The number of rotatable bonds is 42. The van der Waals surface area contributed by atoms with Gasteiger partial charge >= 0.3 is 11.9 Å². The second-order valence-electron chi connectivity index (χ2n) is 15.3. The fraction of sp³-hybridized carbons (Fsp3) is 0.872. The minimum absolute atomic E-state index is 0.0830. The van der Waals surface area contributed by atoms with Crippen LogP contribution in [0.3, 0.4) is 0 Å². The molecular weight excluding hydrogens is 645 g/mol. The third-order valence-electron chi connectivity index (χ3n) is 9.99. The van der Waals surface area contributed by atoms with Gasteiger partial charge in [-0.3, -0.25) is 9.59 Å². The number of carbonyl (C=O) groups excluding carboxylic acids is 2. The maximum atomic E-state index is 12.5. The molecule has 0 spiro atoms. The molecule has 0 aliphatic rings. The summed E-state index contributed by atoms with van der Waals surface area (Å²) in [7, 11) is 0. The van der Waals surface area contributed by atoms with Crippen LogP contribution in [-0.4, -0.2) is 37.9 Å². The van der Waals surface area contributed by atoms with E-state index in [0.717, 1.165) is 57.8 Å². The Morgan fingerprint density at radius 1 is 0.423 bits per heavy atom. The van der Waals surface area contributed by atoms with Crippen LogP contribution in [0.2, 0.25) is 0 Å². The van der Waals surface area contributed by atoms with Gasteiger partial charge in [0.25, 0.3) is 0 Å². The van der Waals surface area contributed by atoms with Crippen molar-refractivity contribution in [2.45, 2.75) is 245 Å². The van der Waals surface area contributed by atoms with Crippen molar-refractivity contribution in [2.75, 3.05) is 19.8 Å². The van der Waals surface area contributed by atoms with E-state index < -0.39 is 6.10 Å². The van der Waals surface area contributed by atoms with Crippen molar-refractivity contribution in [2.24, 2.45) is 0 Å². The third-order valence-corrected chi connectivity index (χ3v) is 9.99. The Balaban J connectivity index is 4.04. The first-order valence-electron chi connectivity index (χ1n) is 22.9. The molecule has 5 nitrogen and oxygen atoms in total. The Bertz CT molecular complexity index is 791. The molecule has 0 fully saturated rings. The molecular formula is C47H88O5. The van der Waals surface area contributed by atoms with Gasteiger partial charge in [0.1, 0.15) is 6.61 Å². The van der Waals surface area contributed by atoms with Crippen LogP contribution in [-0.2, 0) is 23.8 Å². The maximum absolute atomic E-state index is 12.5. The summed E-state index contributed by atoms with van der Waals surface area (Å²) in [6.07, 6.45) is 49.1. The molecule has 0 heterocycles. The summed E-state index contributed by atoms with van der Waals surface area (Å²) in [5.74, 6) is -0.415. The van der Waals surface area contributed by atoms with Crippen LogP contribution in [0.4, 0.5) is 0 Å². The molecule has 0 aromatic rings. The van der Waals surface area contributed by atoms with Gasteiger partial charge in [-0.2, -0.15) is 0 Å². The summed E-state index contributed by atoms with van der Waals surface area (Å²) >= 11 is 0. The maximum Gasteiger partial charge on any atom is 0.306 e. The average Bonchev–Trinajstić information content (AvgIpc) is 3.14. The lowest BCUT2D eigenvalue weighted by Crippen LogP contribution is -2.30. The Hall–Kier alpha value is -1.62. The predicted molar refractivity (Wildman–Crippen MR) is 224 cm³/mol. The van der Waals surface area contributed by atoms with E-state index in [0.29, 0.717) is 19.4 Å². The normalized spacial score (nSPS) is 12.3. The van der Waals surface area contributed by atoms with Gasteiger partial charge < -0.3 is 14.2 Å². The Kier molecular flexibility index (Phi) is 42.4. The lowest BCUT2D eigenvalue weighted by atomic mass is 10.0. The zero-order valence-corrected chi connectivity index (χ0v) is 35.1. The largest absolute Gasteiger partial charge is 0.462 e. The lowest BCUT2D eigenvalue weighted by Gasteiger charge is -2.18. The van der Waals surface area contributed by atoms with E-state index in [-0.39, 0.29) is 25.2 Å². The number of allylic oxidation sites excluding steroid dienone is 4. The molecule has 0 N–H and O–H groups in total. The van der Waals surface area contributed by atoms with Gasteiger partial charge in [0.15, 0.2) is 6.10 Å². The molecule has 0 aliphatic heterocycles. The standard InChI is InChI=1S/C47H88O5/c1-4-7-10-13-15-17-19-21-23-25-27-29-31-33-36-39-42-50-43-45(52-47(49)41-38-34-12-9-6-3)44-51-46(48)40-37-35-32-30-28-26-24-22-20-18-16-14-11-8-5-2/h16,18,22,24,45H,4-15,17,19-21,23,25-44H2,1-3H3/b18-16-,24-22-. The highest BCUT2D eigenvalue weighted by Crippen LogP contribution is 2.15. The average molecular weight is 733 g/mol. The van der Waals surface area contributed by atoms with Crippen molar-refractivity contribution in [1.82, 2.24) is 0 Å². The molecule has 0 aromatic carbocycles. The molecule has 0 bridgehead atoms. The van der Waals surface area contributed by atoms with Gasteiger partial charge in [0.05, 0.1) is 6.61 Å². The molecule has 1 unspecified atom stereocenters. The molecule has 0 saturated carbocycles. The van der Waals surface area contributed by atoms with Gasteiger partial charge in [-0.05, 0) is 51.4 Å². The quantitative estimate of drug-likeness (QED) is 0.0355. The first-order chi connectivity index (χ1) is 25.6. The van der Waals surface area contributed by atoms with E-state index in [1.54, 1.807) is 0 Å². The van der Waals surface area contributed by atoms with E-state index in [4.69, 9.17) is 14.2 Å². The van der Waals surface area contributed by atoms with E-state index in [9.17, 15) is 9.59 Å². The highest BCUT2D eigenvalue weighted by Gasteiger charge is 2.17. The number of hydrogen-bond donors (Lipinski definition) is 0. The summed E-state index contributed by atoms with van der Waals surface area (Å²) in [6, 6.07) is 0. The van der Waals surface area contributed by atoms with Crippen molar-refractivity contribution in [3.63, 3.8) is 0 Å². The van der Waals surface area contributed by atoms with Crippen LogP contribution < -0.4 is 0 Å². The molecule has 0 saturated heterocycles. The van der Waals surface area contributed by atoms with Crippen molar-refractivity contribution < 1.29 is 23.8 Å². The second kappa shape index (κ2) is 43.8. The number of ether oxygens (including phenoxy) is 3. The third kappa shape index (κ3) is 41.1. The van der Waals surface area contributed by atoms with Gasteiger partial charge in [-0.25, -0.2) is 0 Å². The van der Waals surface area contributed by atoms with Crippen molar-refractivity contribution in [3.05, 3.63) is 24.3 Å². The van der Waals surface area contributed by atoms with Crippen molar-refractivity contribution in [3.8, 4) is 0 Å². The highest BCUT2D eigenvalue weighted by atomic mass is 16.6. The molecule has 1 atom stereocenters. The van der Waals surface area contributed by atoms with E-state index >= 15 is 0 Å². The molecule has 0 aliphatic carbocycles. The molecule has 0 rings (SSSR count). The number of unbranched alkanes of at least 4 members (excludes halogenated alkanes) is 27. The van der Waals surface area contributed by atoms with Gasteiger partial charge in [0.2, 0.25) is 0 Å². The van der Waals surface area contributed by atoms with Crippen LogP contribution in [0.5, 0.6) is 0 Å². The zero-order chi connectivity index (χ0) is 37.8. The second-order valence-corrected chi connectivity index (χ2v) is 15.3. The zero-order valence-electron chi connectivity index (χ0n) is 35.1. The number of hydrogen-bond acceptors (Lipinski definition) is 5. The Morgan fingerprint density at radius 2 is 0.808 bits per heavy atom. The van der Waals surface area contributed by atoms with E-state index in [1.165, 1.54) is 148 Å². The number of carbonyl (C=O) groups is 2. The summed E-state index contributed by atoms with van der Waals surface area (Å²) in [5, 5.41) is 0. The number of esters is 2. The highest BCUT2D eigenvalue weighted by molar-refractivity contribution is 5.70. The fourth-order valence-electron chi connectivity index (χ4n) is 6.54. The molecule has 0 radical (unpaired) electrons. The summed E-state index contributed by atoms with van der Waals surface area (Å²) in [4.78, 5) is 25.0. The molecule has 52 heavy (non-hydrogen) atoms. The summed E-state index contributed by atoms with van der Waals surface area (Å²) in [6.45, 7) is 7.75. The predicted octanol–water partition coefficient (Wildman–Crippen LogP) is 14.9. The van der Waals surface area contributed by atoms with Gasteiger partial charge in [-0.1, -0.05) is 199 Å². The minimum Gasteiger partial charge on any atom is -0.462 e. The molecule has 0 aromatic heterocycles. The first kappa shape index (κ1) is 50.4. The van der Waals surface area contributed by atoms with Crippen LogP contribution in [0, 0.1) is 0 Å². The van der Waals surface area contributed by atoms with E-state index in [1.807, 2.05) is 0 Å². The summed E-state index contributed by atoms with van der Waals surface area (Å²) < 4.78 is 17.2. The lowest BCUT2D eigenvalue weighted by molar-refractivity contribution is -0.163. The van der Waals surface area contributed by atoms with Gasteiger partial charge in [-0.15, -0.1) is 0 Å². The van der Waals surface area contributed by atoms with Gasteiger partial charge in [0, 0.05) is 19.4 Å². The topological polar surface area (TPSA) is 61.8 Å². The fourth-order valence-corrected chi connectivity index (χ4v) is 6.54. The van der Waals surface area contributed by atoms with Crippen LogP contribution >= 0.6 is 0 Å².